The average Bonchev–Trinajstić information content (AvgIpc) is 2.38. The lowest BCUT2D eigenvalue weighted by atomic mass is 10.2. The van der Waals surface area contributed by atoms with Crippen LogP contribution in [0.2, 0.25) is 0 Å². The highest BCUT2D eigenvalue weighted by molar-refractivity contribution is 9.10. The van der Waals surface area contributed by atoms with Crippen molar-refractivity contribution in [2.24, 2.45) is 0 Å². The molecule has 2 aromatic carbocycles. The van der Waals surface area contributed by atoms with Crippen molar-refractivity contribution in [2.45, 2.75) is 0 Å². The van der Waals surface area contributed by atoms with Crippen LogP contribution in [0.3, 0.4) is 0 Å². The van der Waals surface area contributed by atoms with Gasteiger partial charge in [-0.3, -0.25) is 0 Å². The van der Waals surface area contributed by atoms with Crippen molar-refractivity contribution in [1.82, 2.24) is 0 Å². The molecule has 2 N–H and O–H groups in total. The van der Waals surface area contributed by atoms with E-state index in [0.29, 0.717) is 10.7 Å². The summed E-state index contributed by atoms with van der Waals surface area (Å²) in [6, 6.07) is 17.0. The Kier molecular flexibility index (Phi) is 4.50. The number of hydrogen-bond donors (Lipinski definition) is 2. The van der Waals surface area contributed by atoms with Crippen molar-refractivity contribution < 1.29 is 0 Å². The van der Waals surface area contributed by atoms with Crippen LogP contribution in [0, 0.1) is 11.3 Å². The molecule has 0 amide bonds. The van der Waals surface area contributed by atoms with Crippen LogP contribution < -0.4 is 10.6 Å². The average molecular weight is 332 g/mol. The second kappa shape index (κ2) is 6.32. The summed E-state index contributed by atoms with van der Waals surface area (Å²) in [5, 5.41) is 15.4. The van der Waals surface area contributed by atoms with Crippen LogP contribution in [0.1, 0.15) is 5.56 Å². The maximum absolute atomic E-state index is 8.83. The fourth-order valence-electron chi connectivity index (χ4n) is 1.53. The monoisotopic (exact) mass is 331 g/mol. The van der Waals surface area contributed by atoms with Crippen LogP contribution in [0.5, 0.6) is 0 Å². The standard InChI is InChI=1S/C14H10BrN3S/c15-11-4-2-6-13(8-11)18-14(19)17-12-5-1-3-10(7-12)9-16/h1-8H,(H2,17,18,19). The molecule has 0 radical (unpaired) electrons. The molecule has 0 aromatic heterocycles. The Hall–Kier alpha value is -1.90. The molecule has 2 rings (SSSR count). The molecule has 0 saturated carbocycles. The molecular formula is C14H10BrN3S. The first kappa shape index (κ1) is 13.5. The molecule has 19 heavy (non-hydrogen) atoms. The van der Waals surface area contributed by atoms with E-state index < -0.39 is 0 Å². The lowest BCUT2D eigenvalue weighted by Gasteiger charge is -2.10. The van der Waals surface area contributed by atoms with E-state index >= 15 is 0 Å². The zero-order chi connectivity index (χ0) is 13.7. The minimum absolute atomic E-state index is 0.480. The van der Waals surface area contributed by atoms with E-state index in [1.165, 1.54) is 0 Å². The first-order valence-corrected chi connectivity index (χ1v) is 6.71. The van der Waals surface area contributed by atoms with Crippen LogP contribution in [0.15, 0.2) is 53.0 Å². The van der Waals surface area contributed by atoms with Crippen LogP contribution >= 0.6 is 28.1 Å². The molecule has 0 spiro atoms. The SMILES string of the molecule is N#Cc1cccc(NC(=S)Nc2cccc(Br)c2)c1. The molecule has 0 saturated heterocycles. The first-order chi connectivity index (χ1) is 9.17. The molecular weight excluding hydrogens is 322 g/mol. The van der Waals surface area contributed by atoms with Crippen molar-refractivity contribution >= 4 is 44.6 Å². The van der Waals surface area contributed by atoms with E-state index in [9.17, 15) is 0 Å². The predicted molar refractivity (Wildman–Crippen MR) is 85.1 cm³/mol. The molecule has 2 aromatic rings. The zero-order valence-corrected chi connectivity index (χ0v) is 12.3. The molecule has 0 bridgehead atoms. The Balaban J connectivity index is 2.03. The Bertz CT molecular complexity index is 649. The quantitative estimate of drug-likeness (QED) is 0.812. The summed E-state index contributed by atoms with van der Waals surface area (Å²) in [4.78, 5) is 0. The first-order valence-electron chi connectivity index (χ1n) is 5.51. The number of rotatable bonds is 2. The molecule has 0 heterocycles. The summed E-state index contributed by atoms with van der Waals surface area (Å²) in [6.45, 7) is 0. The fraction of sp³-hybridized carbons (Fsp3) is 0. The molecule has 0 fully saturated rings. The molecule has 0 unspecified atom stereocenters. The lowest BCUT2D eigenvalue weighted by Crippen LogP contribution is -2.19. The fourth-order valence-corrected chi connectivity index (χ4v) is 2.16. The van der Waals surface area contributed by atoms with Gasteiger partial charge in [0.1, 0.15) is 0 Å². The number of nitrogens with one attached hydrogen (secondary N) is 2. The molecule has 0 aliphatic rings. The van der Waals surface area contributed by atoms with Gasteiger partial charge < -0.3 is 10.6 Å². The summed E-state index contributed by atoms with van der Waals surface area (Å²) in [6.07, 6.45) is 0. The van der Waals surface area contributed by atoms with Crippen LogP contribution in [0.25, 0.3) is 0 Å². The number of anilines is 2. The third kappa shape index (κ3) is 4.05. The Morgan fingerprint density at radius 3 is 2.32 bits per heavy atom. The third-order valence-corrected chi connectivity index (χ3v) is 3.03. The summed E-state index contributed by atoms with van der Waals surface area (Å²) >= 11 is 8.62. The summed E-state index contributed by atoms with van der Waals surface area (Å²) < 4.78 is 0.978. The number of hydrogen-bond acceptors (Lipinski definition) is 2. The van der Waals surface area contributed by atoms with Gasteiger partial charge in [0, 0.05) is 15.8 Å². The van der Waals surface area contributed by atoms with Crippen molar-refractivity contribution in [3.63, 3.8) is 0 Å². The van der Waals surface area contributed by atoms with Crippen molar-refractivity contribution in [2.75, 3.05) is 10.6 Å². The highest BCUT2D eigenvalue weighted by Crippen LogP contribution is 2.16. The maximum atomic E-state index is 8.83. The predicted octanol–water partition coefficient (Wildman–Crippen LogP) is 4.13. The summed E-state index contributed by atoms with van der Waals surface area (Å²) in [7, 11) is 0. The summed E-state index contributed by atoms with van der Waals surface area (Å²) in [5.74, 6) is 0. The minimum atomic E-state index is 0.480. The van der Waals surface area contributed by atoms with E-state index in [4.69, 9.17) is 17.5 Å². The van der Waals surface area contributed by atoms with E-state index in [2.05, 4.69) is 32.6 Å². The second-order valence-electron chi connectivity index (χ2n) is 3.78. The number of thiocarbonyl (C=S) groups is 1. The number of halogens is 1. The van der Waals surface area contributed by atoms with Crippen LogP contribution in [-0.2, 0) is 0 Å². The van der Waals surface area contributed by atoms with Gasteiger partial charge in [-0.15, -0.1) is 0 Å². The van der Waals surface area contributed by atoms with Gasteiger partial charge in [0.05, 0.1) is 11.6 Å². The van der Waals surface area contributed by atoms with Gasteiger partial charge in [-0.2, -0.15) is 5.26 Å². The van der Waals surface area contributed by atoms with Gasteiger partial charge in [0.2, 0.25) is 0 Å². The Morgan fingerprint density at radius 1 is 1.05 bits per heavy atom. The maximum Gasteiger partial charge on any atom is 0.175 e. The van der Waals surface area contributed by atoms with Crippen molar-refractivity contribution in [3.8, 4) is 6.07 Å². The Labute approximate surface area is 125 Å². The highest BCUT2D eigenvalue weighted by atomic mass is 79.9. The van der Waals surface area contributed by atoms with Gasteiger partial charge in [0.25, 0.3) is 0 Å². The molecule has 0 aliphatic heterocycles. The van der Waals surface area contributed by atoms with Gasteiger partial charge in [-0.1, -0.05) is 28.1 Å². The molecule has 0 atom stereocenters. The van der Waals surface area contributed by atoms with Gasteiger partial charge in [-0.25, -0.2) is 0 Å². The summed E-state index contributed by atoms with van der Waals surface area (Å²) in [5.41, 5.74) is 2.27. The smallest absolute Gasteiger partial charge is 0.175 e. The topological polar surface area (TPSA) is 47.9 Å². The van der Waals surface area contributed by atoms with Crippen LogP contribution in [0.4, 0.5) is 11.4 Å². The molecule has 0 aliphatic carbocycles. The second-order valence-corrected chi connectivity index (χ2v) is 5.11. The molecule has 94 valence electrons. The zero-order valence-electron chi connectivity index (χ0n) is 9.85. The molecule has 3 nitrogen and oxygen atoms in total. The highest BCUT2D eigenvalue weighted by Gasteiger charge is 2.00. The number of nitrogens with zero attached hydrogens (tertiary/aromatic N) is 1. The largest absolute Gasteiger partial charge is 0.332 e. The van der Waals surface area contributed by atoms with Crippen molar-refractivity contribution in [3.05, 3.63) is 58.6 Å². The van der Waals surface area contributed by atoms with E-state index in [1.54, 1.807) is 12.1 Å². The normalized spacial score (nSPS) is 9.47. The minimum Gasteiger partial charge on any atom is -0.332 e. The number of nitriles is 1. The lowest BCUT2D eigenvalue weighted by molar-refractivity contribution is 1.48. The van der Waals surface area contributed by atoms with E-state index in [0.717, 1.165) is 15.8 Å². The van der Waals surface area contributed by atoms with Gasteiger partial charge >= 0.3 is 0 Å². The third-order valence-electron chi connectivity index (χ3n) is 2.33. The van der Waals surface area contributed by atoms with Crippen molar-refractivity contribution in [1.29, 1.82) is 5.26 Å². The van der Waals surface area contributed by atoms with Gasteiger partial charge in [-0.05, 0) is 48.6 Å². The van der Waals surface area contributed by atoms with Crippen LogP contribution in [-0.4, -0.2) is 5.11 Å². The van der Waals surface area contributed by atoms with E-state index in [1.807, 2.05) is 36.4 Å². The number of benzene rings is 2. The van der Waals surface area contributed by atoms with Gasteiger partial charge in [0.15, 0.2) is 5.11 Å². The molecule has 5 heteroatoms. The Morgan fingerprint density at radius 2 is 1.68 bits per heavy atom. The van der Waals surface area contributed by atoms with E-state index in [-0.39, 0.29) is 0 Å².